The van der Waals surface area contributed by atoms with E-state index in [1.54, 1.807) is 20.1 Å². The maximum absolute atomic E-state index is 13.6. The number of sulfone groups is 2. The van der Waals surface area contributed by atoms with Crippen LogP contribution in [-0.4, -0.2) is 60.4 Å². The van der Waals surface area contributed by atoms with Crippen LogP contribution in [0, 0.1) is 6.92 Å². The van der Waals surface area contributed by atoms with Crippen molar-refractivity contribution in [1.82, 2.24) is 0 Å². The molecule has 8 aromatic carbocycles. The predicted molar refractivity (Wildman–Crippen MR) is 270 cm³/mol. The molecule has 396 valence electrons. The summed E-state index contributed by atoms with van der Waals surface area (Å²) in [5, 5.41) is 26.6. The van der Waals surface area contributed by atoms with E-state index < -0.39 is 60.3 Å². The van der Waals surface area contributed by atoms with E-state index in [1.807, 2.05) is 30.3 Å². The third-order valence-corrected chi connectivity index (χ3v) is 17.5. The lowest BCUT2D eigenvalue weighted by Crippen LogP contribution is -2.07. The standard InChI is InChI=1S/C49H38O21S6/c1-30-3-14-41(27-46(30)71-69-67-50)74(54,55)42-19-22-45(49(28-42)76(59,60)61)66-43-20-12-37(25-47(43)72-70-68-51)65-38-13-21-44(48(26-38)75(56,57)58)63-29-31-4-15-39(16-5-31)73(52,53)40-17-10-34(11-18-40)64-36-9-7-32-23-35(62-2)8-6-33(32)24-36/h3-28,50-51H,29H2,1-2H3,(H,56,57,58)(H,59,60,61). The van der Waals surface area contributed by atoms with Crippen molar-refractivity contribution in [3.8, 4) is 46.0 Å². The summed E-state index contributed by atoms with van der Waals surface area (Å²) in [4.78, 5) is -2.47. The molecule has 0 atom stereocenters. The number of hydrogen-bond donors (Lipinski definition) is 4. The van der Waals surface area contributed by atoms with Crippen LogP contribution >= 0.6 is 24.1 Å². The van der Waals surface area contributed by atoms with Gasteiger partial charge in [0, 0.05) is 17.0 Å². The number of benzene rings is 8. The molecule has 0 radical (unpaired) electrons. The first-order valence-electron chi connectivity index (χ1n) is 21.4. The minimum Gasteiger partial charge on any atom is -0.497 e. The molecule has 0 saturated carbocycles. The van der Waals surface area contributed by atoms with Gasteiger partial charge < -0.3 is 23.7 Å². The summed E-state index contributed by atoms with van der Waals surface area (Å²) in [5.41, 5.74) is 0.972. The molecule has 21 nitrogen and oxygen atoms in total. The first kappa shape index (κ1) is 55.4. The Morgan fingerprint density at radius 2 is 0.895 bits per heavy atom. The van der Waals surface area contributed by atoms with E-state index >= 15 is 0 Å². The molecule has 27 heteroatoms. The summed E-state index contributed by atoms with van der Waals surface area (Å²) in [6.45, 7) is 1.35. The number of fused-ring (bicyclic) bond motifs is 1. The van der Waals surface area contributed by atoms with Crippen LogP contribution in [0.15, 0.2) is 197 Å². The zero-order valence-corrected chi connectivity index (χ0v) is 43.8. The highest BCUT2D eigenvalue weighted by atomic mass is 32.2. The van der Waals surface area contributed by atoms with Crippen LogP contribution in [-0.2, 0) is 65.3 Å². The molecular weight excluding hydrogens is 1120 g/mol. The summed E-state index contributed by atoms with van der Waals surface area (Å²) >= 11 is 0.817. The summed E-state index contributed by atoms with van der Waals surface area (Å²) < 4.78 is 163. The van der Waals surface area contributed by atoms with Crippen LogP contribution < -0.4 is 23.7 Å². The zero-order chi connectivity index (χ0) is 54.4. The van der Waals surface area contributed by atoms with Gasteiger partial charge in [0.15, 0.2) is 0 Å². The molecule has 0 fully saturated rings. The fraction of sp³-hybridized carbons (Fsp3) is 0.0612. The minimum atomic E-state index is -5.19. The van der Waals surface area contributed by atoms with E-state index in [2.05, 4.69) is 18.7 Å². The molecule has 0 saturated heterocycles. The second kappa shape index (κ2) is 23.2. The maximum atomic E-state index is 13.6. The molecule has 0 amide bonds. The number of rotatable bonds is 22. The number of ether oxygens (including phenoxy) is 5. The van der Waals surface area contributed by atoms with Gasteiger partial charge in [0.1, 0.15) is 62.4 Å². The lowest BCUT2D eigenvalue weighted by Gasteiger charge is -2.16. The largest absolute Gasteiger partial charge is 0.497 e. The van der Waals surface area contributed by atoms with Crippen molar-refractivity contribution in [2.45, 2.75) is 52.7 Å². The molecule has 4 N–H and O–H groups in total. The molecule has 0 heterocycles. The first-order chi connectivity index (χ1) is 36.2. The second-order valence-electron chi connectivity index (χ2n) is 15.7. The molecule has 0 unspecified atom stereocenters. The van der Waals surface area contributed by atoms with Crippen molar-refractivity contribution in [3.63, 3.8) is 0 Å². The molecule has 8 aromatic rings. The Morgan fingerprint density at radius 1 is 0.434 bits per heavy atom. The molecule has 0 bridgehead atoms. The summed E-state index contributed by atoms with van der Waals surface area (Å²) in [5.74, 6) is 0.366. The fourth-order valence-electron chi connectivity index (χ4n) is 7.12. The molecule has 0 aliphatic heterocycles. The fourth-order valence-corrected chi connectivity index (χ4v) is 12.1. The smallest absolute Gasteiger partial charge is 0.298 e. The van der Waals surface area contributed by atoms with E-state index in [4.69, 9.17) is 34.2 Å². The van der Waals surface area contributed by atoms with Gasteiger partial charge >= 0.3 is 0 Å². The normalized spacial score (nSPS) is 12.1. The average Bonchev–Trinajstić information content (AvgIpc) is 3.39. The van der Waals surface area contributed by atoms with Gasteiger partial charge in [-0.25, -0.2) is 27.4 Å². The van der Waals surface area contributed by atoms with Gasteiger partial charge in [-0.05, 0) is 144 Å². The Kier molecular flexibility index (Phi) is 16.9. The number of aryl methyl sites for hydroxylation is 1. The Balaban J connectivity index is 0.948. The Bertz CT molecular complexity index is 3910. The topological polar surface area (TPSA) is 301 Å². The Labute approximate surface area is 442 Å². The number of methoxy groups -OCH3 is 1. The average molecular weight is 1160 g/mol. The van der Waals surface area contributed by atoms with Gasteiger partial charge in [-0.15, -0.1) is 8.67 Å². The van der Waals surface area contributed by atoms with E-state index in [-0.39, 0.29) is 54.1 Å². The molecule has 0 aliphatic rings. The molecule has 8 rings (SSSR count). The zero-order valence-electron chi connectivity index (χ0n) is 38.9. The van der Waals surface area contributed by atoms with Crippen LogP contribution in [0.3, 0.4) is 0 Å². The van der Waals surface area contributed by atoms with Crippen LogP contribution in [0.25, 0.3) is 10.8 Å². The highest BCUT2D eigenvalue weighted by molar-refractivity contribution is 7.95. The van der Waals surface area contributed by atoms with Gasteiger partial charge in [0.25, 0.3) is 20.2 Å². The van der Waals surface area contributed by atoms with E-state index in [1.165, 1.54) is 97.1 Å². The molecule has 76 heavy (non-hydrogen) atoms. The van der Waals surface area contributed by atoms with E-state index in [9.17, 15) is 42.8 Å². The number of hydrogen-bond acceptors (Lipinski definition) is 21. The van der Waals surface area contributed by atoms with Gasteiger partial charge in [0.05, 0.1) is 55.7 Å². The second-order valence-corrected chi connectivity index (χ2v) is 23.9. The molecule has 0 spiro atoms. The Hall–Kier alpha value is -6.80. The summed E-state index contributed by atoms with van der Waals surface area (Å²) in [7, 11) is -17.0. The lowest BCUT2D eigenvalue weighted by molar-refractivity contribution is -0.432. The summed E-state index contributed by atoms with van der Waals surface area (Å²) in [6, 6.07) is 36.3. The minimum absolute atomic E-state index is 0.00702. The van der Waals surface area contributed by atoms with Gasteiger partial charge in [0.2, 0.25) is 19.7 Å². The highest BCUT2D eigenvalue weighted by Crippen LogP contribution is 2.41. The quantitative estimate of drug-likeness (QED) is 0.0212. The third-order valence-electron chi connectivity index (χ3n) is 10.9. The third kappa shape index (κ3) is 13.1. The predicted octanol–water partition coefficient (Wildman–Crippen LogP) is 11.1. The summed E-state index contributed by atoms with van der Waals surface area (Å²) in [6.07, 6.45) is 0. The molecular formula is C49H38O21S6. The van der Waals surface area contributed by atoms with Gasteiger partial charge in [-0.1, -0.05) is 40.4 Å². The molecule has 0 aliphatic carbocycles. The van der Waals surface area contributed by atoms with Gasteiger partial charge in [-0.3, -0.25) is 9.11 Å². The van der Waals surface area contributed by atoms with Crippen molar-refractivity contribution < 1.29 is 95.7 Å². The van der Waals surface area contributed by atoms with Crippen LogP contribution in [0.4, 0.5) is 0 Å². The van der Waals surface area contributed by atoms with Crippen molar-refractivity contribution >= 4 is 74.8 Å². The van der Waals surface area contributed by atoms with Crippen molar-refractivity contribution in [2.24, 2.45) is 0 Å². The highest BCUT2D eigenvalue weighted by Gasteiger charge is 2.27. The van der Waals surface area contributed by atoms with Crippen molar-refractivity contribution in [1.29, 1.82) is 0 Å². The van der Waals surface area contributed by atoms with Crippen LogP contribution in [0.1, 0.15) is 11.1 Å². The van der Waals surface area contributed by atoms with Crippen LogP contribution in [0.2, 0.25) is 0 Å². The van der Waals surface area contributed by atoms with E-state index in [0.29, 0.717) is 52.8 Å². The SMILES string of the molecule is COc1ccc2cc(Oc3ccc(S(=O)(=O)c4ccc(COc5ccc(Oc6ccc(Oc7ccc(S(=O)(=O)c8ccc(C)c(SOOO)c8)cc7S(=O)(=O)O)c(SOOO)c6)cc5S(=O)(=O)O)cc4)cc3)ccc2c1. The maximum Gasteiger partial charge on any atom is 0.298 e. The monoisotopic (exact) mass is 1150 g/mol. The Morgan fingerprint density at radius 3 is 1.53 bits per heavy atom. The van der Waals surface area contributed by atoms with Gasteiger partial charge in [-0.2, -0.15) is 16.8 Å². The van der Waals surface area contributed by atoms with E-state index in [0.717, 1.165) is 34.7 Å². The van der Waals surface area contributed by atoms with Crippen LogP contribution in [0.5, 0.6) is 46.0 Å². The molecule has 0 aromatic heterocycles. The van der Waals surface area contributed by atoms with Crippen molar-refractivity contribution in [2.75, 3.05) is 7.11 Å². The lowest BCUT2D eigenvalue weighted by atomic mass is 10.1. The first-order valence-corrected chi connectivity index (χ1v) is 28.7. The van der Waals surface area contributed by atoms with Crippen molar-refractivity contribution in [3.05, 3.63) is 169 Å².